The molecule has 1 rings (SSSR count). The highest BCUT2D eigenvalue weighted by Gasteiger charge is 2.37. The highest BCUT2D eigenvalue weighted by atomic mass is 14.9. The molecule has 0 aromatic carbocycles. The lowest BCUT2D eigenvalue weighted by molar-refractivity contribution is 0.0981. The first-order valence-corrected chi connectivity index (χ1v) is 6.68. The zero-order chi connectivity index (χ0) is 12.3. The lowest BCUT2D eigenvalue weighted by atomic mass is 9.64. The Morgan fingerprint density at radius 2 is 2.00 bits per heavy atom. The lowest BCUT2D eigenvalue weighted by Gasteiger charge is -2.44. The molecule has 16 heavy (non-hydrogen) atoms. The van der Waals surface area contributed by atoms with Gasteiger partial charge in [0, 0.05) is 6.04 Å². The molecule has 0 amide bonds. The van der Waals surface area contributed by atoms with Crippen molar-refractivity contribution in [3.05, 3.63) is 12.2 Å². The van der Waals surface area contributed by atoms with Gasteiger partial charge in [-0.05, 0) is 50.5 Å². The predicted octanol–water partition coefficient (Wildman–Crippen LogP) is 4.00. The average molecular weight is 223 g/mol. The Labute approximate surface area is 102 Å². The third kappa shape index (κ3) is 3.35. The van der Waals surface area contributed by atoms with Gasteiger partial charge in [-0.1, -0.05) is 32.8 Å². The van der Waals surface area contributed by atoms with Crippen LogP contribution in [0.4, 0.5) is 0 Å². The Morgan fingerprint density at radius 3 is 2.50 bits per heavy atom. The summed E-state index contributed by atoms with van der Waals surface area (Å²) in [5, 5.41) is 3.53. The molecule has 3 unspecified atom stereocenters. The average Bonchev–Trinajstić information content (AvgIpc) is 2.15. The topological polar surface area (TPSA) is 12.0 Å². The molecule has 94 valence electrons. The molecule has 1 saturated carbocycles. The molecule has 1 fully saturated rings. The molecule has 0 aromatic rings. The molecule has 1 N–H and O–H groups in total. The standard InChI is InChI=1S/C15H29N/c1-11(2)10-15(4,5)13-8-7-12(3)9-14(13)16-6/h12-14,16H,1,7-10H2,2-6H3. The van der Waals surface area contributed by atoms with Crippen LogP contribution in [0.25, 0.3) is 0 Å². The summed E-state index contributed by atoms with van der Waals surface area (Å²) in [5.41, 5.74) is 1.71. The normalized spacial score (nSPS) is 31.4. The van der Waals surface area contributed by atoms with Crippen molar-refractivity contribution in [2.45, 2.75) is 59.4 Å². The van der Waals surface area contributed by atoms with Crippen LogP contribution in [0.15, 0.2) is 12.2 Å². The molecule has 1 nitrogen and oxygen atoms in total. The summed E-state index contributed by atoms with van der Waals surface area (Å²) in [5.74, 6) is 1.68. The maximum absolute atomic E-state index is 4.08. The van der Waals surface area contributed by atoms with Gasteiger partial charge in [0.2, 0.25) is 0 Å². The monoisotopic (exact) mass is 223 g/mol. The van der Waals surface area contributed by atoms with Crippen molar-refractivity contribution < 1.29 is 0 Å². The van der Waals surface area contributed by atoms with E-state index in [0.29, 0.717) is 11.5 Å². The van der Waals surface area contributed by atoms with Gasteiger partial charge in [0.05, 0.1) is 0 Å². The van der Waals surface area contributed by atoms with Gasteiger partial charge in [-0.2, -0.15) is 0 Å². The van der Waals surface area contributed by atoms with Crippen LogP contribution in [0, 0.1) is 17.3 Å². The number of hydrogen-bond donors (Lipinski definition) is 1. The first kappa shape index (κ1) is 13.8. The van der Waals surface area contributed by atoms with Crippen molar-refractivity contribution in [1.29, 1.82) is 0 Å². The van der Waals surface area contributed by atoms with Gasteiger partial charge in [0.15, 0.2) is 0 Å². The van der Waals surface area contributed by atoms with E-state index in [-0.39, 0.29) is 0 Å². The molecule has 0 heterocycles. The van der Waals surface area contributed by atoms with Crippen LogP contribution in [0.1, 0.15) is 53.4 Å². The van der Waals surface area contributed by atoms with E-state index in [0.717, 1.165) is 18.3 Å². The minimum absolute atomic E-state index is 0.389. The molecule has 0 radical (unpaired) electrons. The summed E-state index contributed by atoms with van der Waals surface area (Å²) in [6, 6.07) is 0.693. The first-order valence-electron chi connectivity index (χ1n) is 6.68. The van der Waals surface area contributed by atoms with Crippen LogP contribution in [0.3, 0.4) is 0 Å². The third-order valence-corrected chi connectivity index (χ3v) is 4.24. The number of nitrogens with one attached hydrogen (secondary N) is 1. The fourth-order valence-electron chi connectivity index (χ4n) is 3.54. The summed E-state index contributed by atoms with van der Waals surface area (Å²) in [7, 11) is 2.12. The van der Waals surface area contributed by atoms with E-state index < -0.39 is 0 Å². The van der Waals surface area contributed by atoms with Gasteiger partial charge in [0.25, 0.3) is 0 Å². The highest BCUT2D eigenvalue weighted by Crippen LogP contribution is 2.43. The largest absolute Gasteiger partial charge is 0.317 e. The summed E-state index contributed by atoms with van der Waals surface area (Å²) in [6.07, 6.45) is 5.25. The highest BCUT2D eigenvalue weighted by molar-refractivity contribution is 4.99. The summed E-state index contributed by atoms with van der Waals surface area (Å²) in [4.78, 5) is 0. The van der Waals surface area contributed by atoms with E-state index >= 15 is 0 Å². The molecule has 1 heteroatoms. The summed E-state index contributed by atoms with van der Waals surface area (Å²) in [6.45, 7) is 13.4. The van der Waals surface area contributed by atoms with Crippen molar-refractivity contribution in [2.75, 3.05) is 7.05 Å². The molecular formula is C15H29N. The van der Waals surface area contributed by atoms with Gasteiger partial charge in [-0.15, -0.1) is 6.58 Å². The van der Waals surface area contributed by atoms with Crippen LogP contribution in [-0.2, 0) is 0 Å². The Bertz CT molecular complexity index is 242. The van der Waals surface area contributed by atoms with Crippen LogP contribution in [0.2, 0.25) is 0 Å². The van der Waals surface area contributed by atoms with Crippen LogP contribution in [0.5, 0.6) is 0 Å². The Hall–Kier alpha value is -0.300. The number of rotatable bonds is 4. The fraction of sp³-hybridized carbons (Fsp3) is 0.867. The zero-order valence-corrected chi connectivity index (χ0v) is 11.8. The first-order chi connectivity index (χ1) is 7.36. The number of hydrogen-bond acceptors (Lipinski definition) is 1. The molecule has 0 aromatic heterocycles. The molecule has 0 spiro atoms. The molecule has 0 aliphatic heterocycles. The molecule has 1 aliphatic rings. The maximum atomic E-state index is 4.08. The molecule has 0 saturated heterocycles. The van der Waals surface area contributed by atoms with E-state index in [2.05, 4.69) is 46.6 Å². The van der Waals surface area contributed by atoms with E-state index in [4.69, 9.17) is 0 Å². The van der Waals surface area contributed by atoms with Crippen molar-refractivity contribution in [2.24, 2.45) is 17.3 Å². The van der Waals surface area contributed by atoms with Gasteiger partial charge >= 0.3 is 0 Å². The number of allylic oxidation sites excluding steroid dienone is 1. The van der Waals surface area contributed by atoms with Crippen molar-refractivity contribution >= 4 is 0 Å². The van der Waals surface area contributed by atoms with Gasteiger partial charge in [-0.3, -0.25) is 0 Å². The summed E-state index contributed by atoms with van der Waals surface area (Å²) < 4.78 is 0. The fourth-order valence-corrected chi connectivity index (χ4v) is 3.54. The predicted molar refractivity (Wildman–Crippen MR) is 72.6 cm³/mol. The second-order valence-electron chi connectivity index (χ2n) is 6.54. The van der Waals surface area contributed by atoms with Crippen LogP contribution in [-0.4, -0.2) is 13.1 Å². The minimum atomic E-state index is 0.389. The smallest absolute Gasteiger partial charge is 0.0100 e. The van der Waals surface area contributed by atoms with E-state index in [1.54, 1.807) is 0 Å². The molecular weight excluding hydrogens is 194 g/mol. The lowest BCUT2D eigenvalue weighted by Crippen LogP contribution is -2.45. The van der Waals surface area contributed by atoms with Crippen molar-refractivity contribution in [3.8, 4) is 0 Å². The molecule has 3 atom stereocenters. The van der Waals surface area contributed by atoms with Gasteiger partial charge in [0.1, 0.15) is 0 Å². The second kappa shape index (κ2) is 5.35. The quantitative estimate of drug-likeness (QED) is 0.710. The van der Waals surface area contributed by atoms with Crippen LogP contribution >= 0.6 is 0 Å². The summed E-state index contributed by atoms with van der Waals surface area (Å²) >= 11 is 0. The molecule has 1 aliphatic carbocycles. The second-order valence-corrected chi connectivity index (χ2v) is 6.54. The Balaban J connectivity index is 2.72. The van der Waals surface area contributed by atoms with Crippen molar-refractivity contribution in [3.63, 3.8) is 0 Å². The van der Waals surface area contributed by atoms with Gasteiger partial charge in [-0.25, -0.2) is 0 Å². The maximum Gasteiger partial charge on any atom is 0.0100 e. The SMILES string of the molecule is C=C(C)CC(C)(C)C1CCC(C)CC1NC. The Kier molecular flexibility index (Phi) is 4.61. The van der Waals surface area contributed by atoms with Crippen molar-refractivity contribution in [1.82, 2.24) is 5.32 Å². The van der Waals surface area contributed by atoms with Crippen LogP contribution < -0.4 is 5.32 Å². The Morgan fingerprint density at radius 1 is 1.38 bits per heavy atom. The zero-order valence-electron chi connectivity index (χ0n) is 11.8. The minimum Gasteiger partial charge on any atom is -0.317 e. The van der Waals surface area contributed by atoms with E-state index in [1.165, 1.54) is 24.8 Å². The third-order valence-electron chi connectivity index (χ3n) is 4.24. The van der Waals surface area contributed by atoms with Gasteiger partial charge < -0.3 is 5.32 Å². The molecule has 0 bridgehead atoms. The van der Waals surface area contributed by atoms with E-state index in [9.17, 15) is 0 Å². The van der Waals surface area contributed by atoms with E-state index in [1.807, 2.05) is 0 Å².